The Labute approximate surface area is 135 Å². The van der Waals surface area contributed by atoms with Gasteiger partial charge < -0.3 is 14.8 Å². The quantitative estimate of drug-likeness (QED) is 0.921. The van der Waals surface area contributed by atoms with E-state index in [1.54, 1.807) is 30.5 Å². The van der Waals surface area contributed by atoms with Crippen molar-refractivity contribution in [1.29, 1.82) is 0 Å². The molecule has 0 unspecified atom stereocenters. The number of amides is 1. The highest BCUT2D eigenvalue weighted by Crippen LogP contribution is 2.17. The molecule has 0 saturated carbocycles. The lowest BCUT2D eigenvalue weighted by Gasteiger charge is -2.12. The lowest BCUT2D eigenvalue weighted by molar-refractivity contribution is 0.0679. The standard InChI is InChI=1S/C18H20N2O3/c1-13-4-2-10-19-17(13)20-18(21)14-6-8-15(9-7-14)23-12-16-5-3-11-22-16/h2,4,6-10,16H,3,5,11-12H2,1H3,(H,19,20,21)/t16-/m1/s1. The van der Waals surface area contributed by atoms with Crippen LogP contribution in [0.15, 0.2) is 42.6 Å². The average molecular weight is 312 g/mol. The van der Waals surface area contributed by atoms with E-state index in [4.69, 9.17) is 9.47 Å². The van der Waals surface area contributed by atoms with Gasteiger partial charge in [0.15, 0.2) is 0 Å². The number of hydrogen-bond donors (Lipinski definition) is 1. The lowest BCUT2D eigenvalue weighted by atomic mass is 10.2. The number of aromatic nitrogens is 1. The van der Waals surface area contributed by atoms with Gasteiger partial charge in [-0.1, -0.05) is 6.07 Å². The second kappa shape index (κ2) is 7.24. The zero-order valence-electron chi connectivity index (χ0n) is 13.1. The molecule has 0 spiro atoms. The predicted octanol–water partition coefficient (Wildman–Crippen LogP) is 3.20. The molecule has 5 heteroatoms. The van der Waals surface area contributed by atoms with Crippen molar-refractivity contribution < 1.29 is 14.3 Å². The summed E-state index contributed by atoms with van der Waals surface area (Å²) >= 11 is 0. The van der Waals surface area contributed by atoms with Gasteiger partial charge in [-0.25, -0.2) is 4.98 Å². The zero-order valence-corrected chi connectivity index (χ0v) is 13.1. The Morgan fingerprint density at radius 1 is 1.35 bits per heavy atom. The van der Waals surface area contributed by atoms with Crippen LogP contribution in [0.1, 0.15) is 28.8 Å². The van der Waals surface area contributed by atoms with Crippen molar-refractivity contribution in [1.82, 2.24) is 4.98 Å². The Balaban J connectivity index is 1.57. The van der Waals surface area contributed by atoms with Crippen LogP contribution in [-0.2, 0) is 4.74 Å². The molecule has 120 valence electrons. The molecule has 2 heterocycles. The van der Waals surface area contributed by atoms with Gasteiger partial charge in [-0.3, -0.25) is 4.79 Å². The summed E-state index contributed by atoms with van der Waals surface area (Å²) in [5.74, 6) is 1.14. The third-order valence-electron chi connectivity index (χ3n) is 3.82. The summed E-state index contributed by atoms with van der Waals surface area (Å²) in [6.07, 6.45) is 3.99. The lowest BCUT2D eigenvalue weighted by Crippen LogP contribution is -2.16. The van der Waals surface area contributed by atoms with Crippen LogP contribution in [0.4, 0.5) is 5.82 Å². The maximum absolute atomic E-state index is 12.2. The zero-order chi connectivity index (χ0) is 16.1. The molecule has 1 fully saturated rings. The van der Waals surface area contributed by atoms with Gasteiger partial charge in [0, 0.05) is 18.4 Å². The van der Waals surface area contributed by atoms with E-state index in [-0.39, 0.29) is 12.0 Å². The van der Waals surface area contributed by atoms with E-state index in [2.05, 4.69) is 10.3 Å². The van der Waals surface area contributed by atoms with Gasteiger partial charge in [-0.05, 0) is 55.7 Å². The van der Waals surface area contributed by atoms with Crippen LogP contribution in [0, 0.1) is 6.92 Å². The largest absolute Gasteiger partial charge is 0.491 e. The Morgan fingerprint density at radius 2 is 2.17 bits per heavy atom. The molecule has 0 radical (unpaired) electrons. The fourth-order valence-corrected chi connectivity index (χ4v) is 2.46. The summed E-state index contributed by atoms with van der Waals surface area (Å²) in [5, 5.41) is 2.81. The minimum Gasteiger partial charge on any atom is -0.491 e. The SMILES string of the molecule is Cc1cccnc1NC(=O)c1ccc(OC[C@H]2CCCO2)cc1. The fraction of sp³-hybridized carbons (Fsp3) is 0.333. The van der Waals surface area contributed by atoms with E-state index < -0.39 is 0 Å². The second-order valence-electron chi connectivity index (χ2n) is 5.59. The summed E-state index contributed by atoms with van der Waals surface area (Å²) in [5.41, 5.74) is 1.50. The first-order valence-corrected chi connectivity index (χ1v) is 7.80. The molecule has 23 heavy (non-hydrogen) atoms. The van der Waals surface area contributed by atoms with Gasteiger partial charge in [0.1, 0.15) is 18.2 Å². The van der Waals surface area contributed by atoms with Crippen molar-refractivity contribution in [2.45, 2.75) is 25.9 Å². The molecule has 1 aromatic carbocycles. The van der Waals surface area contributed by atoms with E-state index in [0.29, 0.717) is 18.0 Å². The molecular weight excluding hydrogens is 292 g/mol. The molecule has 0 aliphatic carbocycles. The molecule has 2 aromatic rings. The summed E-state index contributed by atoms with van der Waals surface area (Å²) in [6.45, 7) is 3.28. The number of nitrogens with one attached hydrogen (secondary N) is 1. The number of nitrogens with zero attached hydrogens (tertiary/aromatic N) is 1. The number of rotatable bonds is 5. The van der Waals surface area contributed by atoms with Crippen molar-refractivity contribution in [3.05, 3.63) is 53.7 Å². The van der Waals surface area contributed by atoms with E-state index in [1.165, 1.54) is 0 Å². The Kier molecular flexibility index (Phi) is 4.88. The number of hydrogen-bond acceptors (Lipinski definition) is 4. The van der Waals surface area contributed by atoms with Crippen LogP contribution in [0.5, 0.6) is 5.75 Å². The third-order valence-corrected chi connectivity index (χ3v) is 3.82. The van der Waals surface area contributed by atoms with Crippen LogP contribution < -0.4 is 10.1 Å². The second-order valence-corrected chi connectivity index (χ2v) is 5.59. The summed E-state index contributed by atoms with van der Waals surface area (Å²) < 4.78 is 11.2. The molecule has 5 nitrogen and oxygen atoms in total. The number of aryl methyl sites for hydroxylation is 1. The molecule has 3 rings (SSSR count). The maximum atomic E-state index is 12.2. The summed E-state index contributed by atoms with van der Waals surface area (Å²) in [4.78, 5) is 16.4. The summed E-state index contributed by atoms with van der Waals surface area (Å²) in [7, 11) is 0. The Hall–Kier alpha value is -2.40. The molecule has 1 N–H and O–H groups in total. The van der Waals surface area contributed by atoms with Gasteiger partial charge in [0.05, 0.1) is 6.10 Å². The molecule has 1 saturated heterocycles. The smallest absolute Gasteiger partial charge is 0.256 e. The van der Waals surface area contributed by atoms with Crippen LogP contribution in [0.3, 0.4) is 0 Å². The monoisotopic (exact) mass is 312 g/mol. The average Bonchev–Trinajstić information content (AvgIpc) is 3.09. The van der Waals surface area contributed by atoms with Gasteiger partial charge in [-0.2, -0.15) is 0 Å². The minimum atomic E-state index is -0.183. The first-order valence-electron chi connectivity index (χ1n) is 7.80. The highest BCUT2D eigenvalue weighted by molar-refractivity contribution is 6.04. The Bertz CT molecular complexity index is 664. The number of pyridine rings is 1. The van der Waals surface area contributed by atoms with Crippen LogP contribution in [0.2, 0.25) is 0 Å². The predicted molar refractivity (Wildman–Crippen MR) is 87.8 cm³/mol. The van der Waals surface area contributed by atoms with Crippen molar-refractivity contribution >= 4 is 11.7 Å². The first-order chi connectivity index (χ1) is 11.2. The van der Waals surface area contributed by atoms with Gasteiger partial charge in [0.2, 0.25) is 0 Å². The first kappa shape index (κ1) is 15.5. The topological polar surface area (TPSA) is 60.5 Å². The molecule has 1 aromatic heterocycles. The van der Waals surface area contributed by atoms with Crippen LogP contribution >= 0.6 is 0 Å². The van der Waals surface area contributed by atoms with Crippen molar-refractivity contribution in [3.63, 3.8) is 0 Å². The normalized spacial score (nSPS) is 17.0. The molecule has 0 bridgehead atoms. The van der Waals surface area contributed by atoms with E-state index in [9.17, 15) is 4.79 Å². The molecule has 1 amide bonds. The van der Waals surface area contributed by atoms with Gasteiger partial charge >= 0.3 is 0 Å². The van der Waals surface area contributed by atoms with Gasteiger partial charge in [0.25, 0.3) is 5.91 Å². The number of carbonyl (C=O) groups excluding carboxylic acids is 1. The van der Waals surface area contributed by atoms with Crippen molar-refractivity contribution in [2.75, 3.05) is 18.5 Å². The van der Waals surface area contributed by atoms with Crippen LogP contribution in [0.25, 0.3) is 0 Å². The molecule has 1 aliphatic heterocycles. The van der Waals surface area contributed by atoms with Gasteiger partial charge in [-0.15, -0.1) is 0 Å². The van der Waals surface area contributed by atoms with E-state index >= 15 is 0 Å². The number of ether oxygens (including phenoxy) is 2. The van der Waals surface area contributed by atoms with Crippen molar-refractivity contribution in [2.24, 2.45) is 0 Å². The highest BCUT2D eigenvalue weighted by atomic mass is 16.5. The van der Waals surface area contributed by atoms with E-state index in [0.717, 1.165) is 30.8 Å². The minimum absolute atomic E-state index is 0.183. The summed E-state index contributed by atoms with van der Waals surface area (Å²) in [6, 6.07) is 10.8. The highest BCUT2D eigenvalue weighted by Gasteiger charge is 2.16. The third kappa shape index (κ3) is 4.07. The number of benzene rings is 1. The van der Waals surface area contributed by atoms with E-state index in [1.807, 2.05) is 19.1 Å². The fourth-order valence-electron chi connectivity index (χ4n) is 2.46. The molecular formula is C18H20N2O3. The van der Waals surface area contributed by atoms with Crippen molar-refractivity contribution in [3.8, 4) is 5.75 Å². The Morgan fingerprint density at radius 3 is 2.87 bits per heavy atom. The molecule has 1 atom stereocenters. The maximum Gasteiger partial charge on any atom is 0.256 e. The number of anilines is 1. The number of carbonyl (C=O) groups is 1. The van der Waals surface area contributed by atoms with Crippen LogP contribution in [-0.4, -0.2) is 30.2 Å². The molecule has 1 aliphatic rings.